The lowest BCUT2D eigenvalue weighted by Gasteiger charge is -2.32. The first-order chi connectivity index (χ1) is 14.6. The molecule has 1 aromatic carbocycles. The molecule has 2 aromatic rings. The summed E-state index contributed by atoms with van der Waals surface area (Å²) < 4.78 is 5.22. The zero-order valence-electron chi connectivity index (χ0n) is 17.9. The largest absolute Gasteiger partial charge is 0.497 e. The van der Waals surface area contributed by atoms with Crippen LogP contribution in [0.25, 0.3) is 0 Å². The molecule has 160 valence electrons. The number of anilines is 3. The second kappa shape index (κ2) is 9.32. The van der Waals surface area contributed by atoms with Crippen LogP contribution >= 0.6 is 0 Å². The van der Waals surface area contributed by atoms with Crippen molar-refractivity contribution >= 4 is 23.2 Å². The summed E-state index contributed by atoms with van der Waals surface area (Å²) in [5.74, 6) is 3.39. The van der Waals surface area contributed by atoms with Gasteiger partial charge in [-0.15, -0.1) is 0 Å². The highest BCUT2D eigenvalue weighted by molar-refractivity contribution is 5.91. The Balaban J connectivity index is 1.21. The number of methoxy groups -OCH3 is 1. The first-order valence-corrected chi connectivity index (χ1v) is 10.9. The molecule has 1 aromatic heterocycles. The molecule has 0 bridgehead atoms. The summed E-state index contributed by atoms with van der Waals surface area (Å²) in [4.78, 5) is 23.5. The van der Waals surface area contributed by atoms with Crippen molar-refractivity contribution in [1.82, 2.24) is 9.97 Å². The van der Waals surface area contributed by atoms with Gasteiger partial charge in [-0.1, -0.05) is 0 Å². The van der Waals surface area contributed by atoms with Crippen molar-refractivity contribution < 1.29 is 9.53 Å². The molecular formula is C23H31N5O2. The van der Waals surface area contributed by atoms with Crippen LogP contribution in [0.4, 0.5) is 17.3 Å². The molecule has 0 unspecified atom stereocenters. The van der Waals surface area contributed by atoms with Gasteiger partial charge in [0, 0.05) is 37.3 Å². The highest BCUT2D eigenvalue weighted by Crippen LogP contribution is 2.28. The van der Waals surface area contributed by atoms with E-state index in [-0.39, 0.29) is 5.91 Å². The monoisotopic (exact) mass is 409 g/mol. The Morgan fingerprint density at radius 1 is 1.17 bits per heavy atom. The molecule has 0 radical (unpaired) electrons. The second-order valence-electron chi connectivity index (χ2n) is 8.38. The lowest BCUT2D eigenvalue weighted by atomic mass is 9.92. The molecule has 2 heterocycles. The quantitative estimate of drug-likeness (QED) is 0.686. The average molecular weight is 410 g/mol. The summed E-state index contributed by atoms with van der Waals surface area (Å²) >= 11 is 0. The van der Waals surface area contributed by atoms with Crippen LogP contribution in [-0.4, -0.2) is 42.1 Å². The van der Waals surface area contributed by atoms with Gasteiger partial charge in [0.1, 0.15) is 23.7 Å². The van der Waals surface area contributed by atoms with Crippen molar-refractivity contribution in [2.24, 2.45) is 5.92 Å². The second-order valence-corrected chi connectivity index (χ2v) is 8.38. The standard InChI is InChI=1S/C23H31N5O2/c1-16-13-19(30-2)6-7-20(16)27-23(29)8-3-17-9-11-28(12-10-17)22-14-21(24-15-25-22)26-18-4-5-18/h6-7,13-15,17-18H,3-5,8-12H2,1-2H3,(H,27,29)(H,24,25,26). The Hall–Kier alpha value is -2.83. The van der Waals surface area contributed by atoms with Crippen LogP contribution in [0.1, 0.15) is 44.1 Å². The third-order valence-electron chi connectivity index (χ3n) is 6.01. The van der Waals surface area contributed by atoms with Gasteiger partial charge in [-0.3, -0.25) is 4.79 Å². The van der Waals surface area contributed by atoms with E-state index in [9.17, 15) is 4.79 Å². The van der Waals surface area contributed by atoms with E-state index in [4.69, 9.17) is 4.74 Å². The van der Waals surface area contributed by atoms with Gasteiger partial charge in [-0.2, -0.15) is 0 Å². The van der Waals surface area contributed by atoms with Crippen LogP contribution in [0.3, 0.4) is 0 Å². The maximum absolute atomic E-state index is 12.4. The van der Waals surface area contributed by atoms with Crippen LogP contribution in [0.15, 0.2) is 30.6 Å². The number of amides is 1. The predicted molar refractivity (Wildman–Crippen MR) is 119 cm³/mol. The van der Waals surface area contributed by atoms with Gasteiger partial charge in [0.25, 0.3) is 0 Å². The average Bonchev–Trinajstić information content (AvgIpc) is 3.58. The number of benzene rings is 1. The predicted octanol–water partition coefficient (Wildman–Crippen LogP) is 4.00. The van der Waals surface area contributed by atoms with Crippen LogP contribution in [0, 0.1) is 12.8 Å². The molecule has 1 saturated heterocycles. The van der Waals surface area contributed by atoms with Gasteiger partial charge in [-0.25, -0.2) is 9.97 Å². The summed E-state index contributed by atoms with van der Waals surface area (Å²) in [6.07, 6.45) is 7.77. The van der Waals surface area contributed by atoms with E-state index in [1.807, 2.05) is 25.1 Å². The lowest BCUT2D eigenvalue weighted by Crippen LogP contribution is -2.34. The van der Waals surface area contributed by atoms with Gasteiger partial charge in [0.05, 0.1) is 7.11 Å². The summed E-state index contributed by atoms with van der Waals surface area (Å²) in [6, 6.07) is 8.36. The first kappa shape index (κ1) is 20.4. The van der Waals surface area contributed by atoms with Crippen molar-refractivity contribution in [3.05, 3.63) is 36.2 Å². The molecule has 0 spiro atoms. The third-order valence-corrected chi connectivity index (χ3v) is 6.01. The number of ether oxygens (including phenoxy) is 1. The van der Waals surface area contributed by atoms with Gasteiger partial charge in [-0.05, 0) is 68.7 Å². The number of aromatic nitrogens is 2. The number of piperidine rings is 1. The van der Waals surface area contributed by atoms with E-state index >= 15 is 0 Å². The molecule has 0 atom stereocenters. The van der Waals surface area contributed by atoms with E-state index in [1.54, 1.807) is 13.4 Å². The number of nitrogens with one attached hydrogen (secondary N) is 2. The van der Waals surface area contributed by atoms with Crippen LogP contribution in [0.2, 0.25) is 0 Å². The smallest absolute Gasteiger partial charge is 0.224 e. The molecule has 1 saturated carbocycles. The number of carbonyl (C=O) groups excluding carboxylic acids is 1. The molecule has 2 fully saturated rings. The van der Waals surface area contributed by atoms with Crippen molar-refractivity contribution in [2.45, 2.75) is 51.5 Å². The van der Waals surface area contributed by atoms with Crippen molar-refractivity contribution in [3.8, 4) is 5.75 Å². The number of rotatable bonds is 8. The normalized spacial score (nSPS) is 16.9. The Morgan fingerprint density at radius 3 is 2.67 bits per heavy atom. The third kappa shape index (κ3) is 5.40. The Bertz CT molecular complexity index is 876. The SMILES string of the molecule is COc1ccc(NC(=O)CCC2CCN(c3cc(NC4CC4)ncn3)CC2)c(C)c1. The minimum Gasteiger partial charge on any atom is -0.497 e. The van der Waals surface area contributed by atoms with E-state index in [2.05, 4.69) is 31.6 Å². The number of nitrogens with zero attached hydrogens (tertiary/aromatic N) is 3. The maximum atomic E-state index is 12.4. The van der Waals surface area contributed by atoms with Crippen molar-refractivity contribution in [1.29, 1.82) is 0 Å². The summed E-state index contributed by atoms with van der Waals surface area (Å²) in [5.41, 5.74) is 1.87. The molecule has 2 N–H and O–H groups in total. The van der Waals surface area contributed by atoms with Crippen LogP contribution in [0.5, 0.6) is 5.75 Å². The summed E-state index contributed by atoms with van der Waals surface area (Å²) in [5, 5.41) is 6.47. The zero-order chi connectivity index (χ0) is 20.9. The first-order valence-electron chi connectivity index (χ1n) is 10.9. The van der Waals surface area contributed by atoms with Crippen molar-refractivity contribution in [3.63, 3.8) is 0 Å². The Labute approximate surface area is 178 Å². The topological polar surface area (TPSA) is 79.4 Å². The fraction of sp³-hybridized carbons (Fsp3) is 0.522. The molecule has 2 aliphatic rings. The zero-order valence-corrected chi connectivity index (χ0v) is 17.9. The van der Waals surface area contributed by atoms with E-state index < -0.39 is 0 Å². The molecular weight excluding hydrogens is 378 g/mol. The molecule has 7 heteroatoms. The highest BCUT2D eigenvalue weighted by atomic mass is 16.5. The van der Waals surface area contributed by atoms with Crippen LogP contribution < -0.4 is 20.3 Å². The van der Waals surface area contributed by atoms with Crippen molar-refractivity contribution in [2.75, 3.05) is 35.7 Å². The summed E-state index contributed by atoms with van der Waals surface area (Å²) in [7, 11) is 1.65. The van der Waals surface area contributed by atoms with E-state index in [0.717, 1.165) is 61.0 Å². The number of hydrogen-bond donors (Lipinski definition) is 2. The van der Waals surface area contributed by atoms with Crippen LogP contribution in [-0.2, 0) is 4.79 Å². The van der Waals surface area contributed by atoms with Gasteiger partial charge in [0.2, 0.25) is 5.91 Å². The highest BCUT2D eigenvalue weighted by Gasteiger charge is 2.23. The fourth-order valence-corrected chi connectivity index (χ4v) is 3.94. The molecule has 1 aliphatic heterocycles. The van der Waals surface area contributed by atoms with Gasteiger partial charge >= 0.3 is 0 Å². The molecule has 4 rings (SSSR count). The molecule has 7 nitrogen and oxygen atoms in total. The molecule has 1 aliphatic carbocycles. The number of carbonyl (C=O) groups is 1. The minimum absolute atomic E-state index is 0.0808. The Kier molecular flexibility index (Phi) is 6.35. The van der Waals surface area contributed by atoms with E-state index in [0.29, 0.717) is 18.4 Å². The number of hydrogen-bond acceptors (Lipinski definition) is 6. The van der Waals surface area contributed by atoms with Gasteiger partial charge < -0.3 is 20.3 Å². The van der Waals surface area contributed by atoms with E-state index in [1.165, 1.54) is 12.8 Å². The number of aryl methyl sites for hydroxylation is 1. The fourth-order valence-electron chi connectivity index (χ4n) is 3.94. The Morgan fingerprint density at radius 2 is 1.97 bits per heavy atom. The minimum atomic E-state index is 0.0808. The lowest BCUT2D eigenvalue weighted by molar-refractivity contribution is -0.116. The van der Waals surface area contributed by atoms with Gasteiger partial charge in [0.15, 0.2) is 0 Å². The molecule has 1 amide bonds. The summed E-state index contributed by atoms with van der Waals surface area (Å²) in [6.45, 7) is 3.93. The molecule has 30 heavy (non-hydrogen) atoms. The maximum Gasteiger partial charge on any atom is 0.224 e.